The number of nitro benzene ring substituents is 1. The van der Waals surface area contributed by atoms with Crippen LogP contribution in [0.1, 0.15) is 0 Å². The molecule has 0 heterocycles. The normalized spacial score (nSPS) is 10.0. The molecule has 130 valence electrons. The Bertz CT molecular complexity index is 814. The fraction of sp³-hybridized carbons (Fsp3) is 0.0667. The zero-order valence-electron chi connectivity index (χ0n) is 12.6. The van der Waals surface area contributed by atoms with Crippen molar-refractivity contribution in [1.29, 1.82) is 0 Å². The van der Waals surface area contributed by atoms with E-state index in [0.717, 1.165) is 10.5 Å². The number of urea groups is 1. The summed E-state index contributed by atoms with van der Waals surface area (Å²) in [6, 6.07) is 9.93. The number of nitrogens with one attached hydrogen (secondary N) is 3. The highest BCUT2D eigenvalue weighted by atomic mass is 79.9. The van der Waals surface area contributed by atoms with E-state index in [1.54, 1.807) is 24.3 Å². The lowest BCUT2D eigenvalue weighted by atomic mass is 10.3. The number of anilines is 2. The molecular formula is C15H12BrClN4O4. The van der Waals surface area contributed by atoms with Crippen LogP contribution in [0.5, 0.6) is 0 Å². The third-order valence-electron chi connectivity index (χ3n) is 2.95. The van der Waals surface area contributed by atoms with Crippen molar-refractivity contribution in [1.82, 2.24) is 5.32 Å². The molecule has 2 aromatic rings. The van der Waals surface area contributed by atoms with Crippen LogP contribution >= 0.6 is 27.5 Å². The number of non-ortho nitro benzene ring substituents is 1. The van der Waals surface area contributed by atoms with Crippen LogP contribution in [0.4, 0.5) is 21.9 Å². The zero-order valence-corrected chi connectivity index (χ0v) is 14.9. The van der Waals surface area contributed by atoms with Gasteiger partial charge in [-0.3, -0.25) is 14.9 Å². The van der Waals surface area contributed by atoms with Gasteiger partial charge in [-0.25, -0.2) is 4.79 Å². The van der Waals surface area contributed by atoms with Crippen molar-refractivity contribution < 1.29 is 14.5 Å². The molecule has 0 aliphatic rings. The molecular weight excluding hydrogens is 416 g/mol. The fourth-order valence-electron chi connectivity index (χ4n) is 1.78. The highest BCUT2D eigenvalue weighted by Crippen LogP contribution is 2.26. The molecule has 25 heavy (non-hydrogen) atoms. The minimum absolute atomic E-state index is 0.0173. The predicted molar refractivity (Wildman–Crippen MR) is 97.9 cm³/mol. The maximum atomic E-state index is 11.8. The number of halogens is 2. The Labute approximate surface area is 155 Å². The monoisotopic (exact) mass is 426 g/mol. The van der Waals surface area contributed by atoms with E-state index in [-0.39, 0.29) is 22.9 Å². The van der Waals surface area contributed by atoms with Gasteiger partial charge in [-0.15, -0.1) is 0 Å². The second-order valence-corrected chi connectivity index (χ2v) is 6.11. The average Bonchev–Trinajstić information content (AvgIpc) is 2.57. The Morgan fingerprint density at radius 3 is 2.40 bits per heavy atom. The Kier molecular flexibility index (Phi) is 6.31. The summed E-state index contributed by atoms with van der Waals surface area (Å²) in [5.41, 5.74) is 0.594. The van der Waals surface area contributed by atoms with Crippen molar-refractivity contribution in [3.05, 3.63) is 62.1 Å². The standard InChI is InChI=1S/C15H12BrClN4O4/c16-9-1-3-10(4-2-9)19-14(22)8-18-15(23)20-13-6-5-11(21(24)25)7-12(13)17/h1-7H,8H2,(H,19,22)(H2,18,20,23). The molecule has 0 bridgehead atoms. The van der Waals surface area contributed by atoms with E-state index >= 15 is 0 Å². The van der Waals surface area contributed by atoms with Gasteiger partial charge in [0.15, 0.2) is 0 Å². The molecule has 2 aromatic carbocycles. The SMILES string of the molecule is O=C(CNC(=O)Nc1ccc([N+](=O)[O-])cc1Cl)Nc1ccc(Br)cc1. The van der Waals surface area contributed by atoms with E-state index in [2.05, 4.69) is 31.9 Å². The molecule has 0 aromatic heterocycles. The number of carbonyl (C=O) groups is 2. The molecule has 0 aliphatic heterocycles. The van der Waals surface area contributed by atoms with E-state index in [1.165, 1.54) is 12.1 Å². The van der Waals surface area contributed by atoms with Crippen molar-refractivity contribution in [2.24, 2.45) is 0 Å². The third-order valence-corrected chi connectivity index (χ3v) is 3.79. The summed E-state index contributed by atoms with van der Waals surface area (Å²) in [4.78, 5) is 33.6. The van der Waals surface area contributed by atoms with Gasteiger partial charge in [0.05, 0.1) is 22.2 Å². The Hall–Kier alpha value is -2.65. The predicted octanol–water partition coefficient (Wildman–Crippen LogP) is 3.77. The summed E-state index contributed by atoms with van der Waals surface area (Å²) >= 11 is 9.16. The quantitative estimate of drug-likeness (QED) is 0.498. The molecule has 2 rings (SSSR count). The largest absolute Gasteiger partial charge is 0.329 e. The number of carbonyl (C=O) groups excluding carboxylic acids is 2. The number of nitro groups is 1. The lowest BCUT2D eigenvalue weighted by Gasteiger charge is -2.09. The van der Waals surface area contributed by atoms with Crippen LogP contribution in [0.15, 0.2) is 46.9 Å². The molecule has 0 saturated heterocycles. The van der Waals surface area contributed by atoms with Crippen molar-refractivity contribution in [2.75, 3.05) is 17.2 Å². The minimum atomic E-state index is -0.665. The summed E-state index contributed by atoms with van der Waals surface area (Å²) in [7, 11) is 0. The van der Waals surface area contributed by atoms with E-state index in [1.807, 2.05) is 0 Å². The molecule has 0 aliphatic carbocycles. The molecule has 0 saturated carbocycles. The second-order valence-electron chi connectivity index (χ2n) is 4.78. The first-order valence-corrected chi connectivity index (χ1v) is 8.06. The Balaban J connectivity index is 1.85. The van der Waals surface area contributed by atoms with Gasteiger partial charge in [0, 0.05) is 22.3 Å². The summed E-state index contributed by atoms with van der Waals surface area (Å²) in [5, 5.41) is 18.0. The minimum Gasteiger partial charge on any atom is -0.329 e. The molecule has 8 nitrogen and oxygen atoms in total. The Morgan fingerprint density at radius 2 is 1.80 bits per heavy atom. The van der Waals surface area contributed by atoms with Gasteiger partial charge in [-0.05, 0) is 30.3 Å². The highest BCUT2D eigenvalue weighted by Gasteiger charge is 2.12. The van der Waals surface area contributed by atoms with Crippen LogP contribution in [0.2, 0.25) is 5.02 Å². The van der Waals surface area contributed by atoms with Crippen molar-refractivity contribution in [3.63, 3.8) is 0 Å². The summed E-state index contributed by atoms with van der Waals surface area (Å²) in [6.07, 6.45) is 0. The summed E-state index contributed by atoms with van der Waals surface area (Å²) in [5.74, 6) is -0.410. The lowest BCUT2D eigenvalue weighted by Crippen LogP contribution is -2.35. The molecule has 0 atom stereocenters. The average molecular weight is 428 g/mol. The van der Waals surface area contributed by atoms with Gasteiger partial charge in [-0.2, -0.15) is 0 Å². The number of nitrogens with zero attached hydrogens (tertiary/aromatic N) is 1. The zero-order chi connectivity index (χ0) is 18.4. The number of rotatable bonds is 5. The third kappa shape index (κ3) is 5.73. The van der Waals surface area contributed by atoms with Crippen molar-refractivity contribution >= 4 is 56.5 Å². The summed E-state index contributed by atoms with van der Waals surface area (Å²) < 4.78 is 0.878. The van der Waals surface area contributed by atoms with Gasteiger partial charge in [0.1, 0.15) is 0 Å². The number of amides is 3. The topological polar surface area (TPSA) is 113 Å². The number of hydrogen-bond acceptors (Lipinski definition) is 4. The van der Waals surface area contributed by atoms with Crippen LogP contribution in [0.3, 0.4) is 0 Å². The van der Waals surface area contributed by atoms with Crippen molar-refractivity contribution in [2.45, 2.75) is 0 Å². The first-order valence-electron chi connectivity index (χ1n) is 6.89. The Morgan fingerprint density at radius 1 is 1.12 bits per heavy atom. The van der Waals surface area contributed by atoms with Gasteiger partial charge in [0.2, 0.25) is 5.91 Å². The molecule has 0 spiro atoms. The van der Waals surface area contributed by atoms with E-state index in [0.29, 0.717) is 5.69 Å². The molecule has 0 radical (unpaired) electrons. The van der Waals surface area contributed by atoms with E-state index in [4.69, 9.17) is 11.6 Å². The van der Waals surface area contributed by atoms with Gasteiger partial charge >= 0.3 is 6.03 Å². The smallest absolute Gasteiger partial charge is 0.319 e. The molecule has 3 amide bonds. The van der Waals surface area contributed by atoms with Crippen LogP contribution in [-0.4, -0.2) is 23.4 Å². The van der Waals surface area contributed by atoms with Crippen LogP contribution in [0.25, 0.3) is 0 Å². The molecule has 3 N–H and O–H groups in total. The molecule has 0 unspecified atom stereocenters. The van der Waals surface area contributed by atoms with Crippen LogP contribution in [-0.2, 0) is 4.79 Å². The molecule has 0 fully saturated rings. The fourth-order valence-corrected chi connectivity index (χ4v) is 2.27. The van der Waals surface area contributed by atoms with Gasteiger partial charge in [0.25, 0.3) is 5.69 Å². The molecule has 10 heteroatoms. The van der Waals surface area contributed by atoms with E-state index in [9.17, 15) is 19.7 Å². The van der Waals surface area contributed by atoms with Gasteiger partial charge in [-0.1, -0.05) is 27.5 Å². The maximum Gasteiger partial charge on any atom is 0.319 e. The highest BCUT2D eigenvalue weighted by molar-refractivity contribution is 9.10. The first kappa shape index (κ1) is 18.7. The number of hydrogen-bond donors (Lipinski definition) is 3. The summed E-state index contributed by atoms with van der Waals surface area (Å²) in [6.45, 7) is -0.257. The van der Waals surface area contributed by atoms with Crippen LogP contribution in [0, 0.1) is 10.1 Å². The van der Waals surface area contributed by atoms with Crippen molar-refractivity contribution in [3.8, 4) is 0 Å². The maximum absolute atomic E-state index is 11.8. The van der Waals surface area contributed by atoms with Gasteiger partial charge < -0.3 is 16.0 Å². The second kappa shape index (κ2) is 8.45. The lowest BCUT2D eigenvalue weighted by molar-refractivity contribution is -0.384. The van der Waals surface area contributed by atoms with Crippen LogP contribution < -0.4 is 16.0 Å². The number of benzene rings is 2. The first-order chi connectivity index (χ1) is 11.8. The van der Waals surface area contributed by atoms with E-state index < -0.39 is 16.9 Å².